The first-order valence-electron chi connectivity index (χ1n) is 6.65. The van der Waals surface area contributed by atoms with Crippen LogP contribution in [0.15, 0.2) is 54.6 Å². The minimum atomic E-state index is -0.827. The van der Waals surface area contributed by atoms with E-state index in [1.807, 2.05) is 30.3 Å². The summed E-state index contributed by atoms with van der Waals surface area (Å²) in [6.45, 7) is 2.06. The van der Waals surface area contributed by atoms with Gasteiger partial charge in [0.05, 0.1) is 4.83 Å². The van der Waals surface area contributed by atoms with E-state index in [-0.39, 0.29) is 4.83 Å². The summed E-state index contributed by atoms with van der Waals surface area (Å²) in [4.78, 5) is -0.182. The topological polar surface area (TPSA) is 0 Å². The van der Waals surface area contributed by atoms with Gasteiger partial charge in [-0.05, 0) is 46.5 Å². The molecule has 3 aromatic carbocycles. The van der Waals surface area contributed by atoms with Crippen LogP contribution in [0.5, 0.6) is 0 Å². The minimum Gasteiger partial charge on any atom is -0.204 e. The van der Waals surface area contributed by atoms with Crippen LogP contribution in [0.25, 0.3) is 10.8 Å². The quantitative estimate of drug-likeness (QED) is 0.506. The molecule has 0 bridgehead atoms. The Morgan fingerprint density at radius 2 is 1.57 bits per heavy atom. The molecule has 3 aromatic rings. The van der Waals surface area contributed by atoms with Crippen LogP contribution in [0, 0.1) is 18.6 Å². The van der Waals surface area contributed by atoms with Gasteiger partial charge >= 0.3 is 0 Å². The highest BCUT2D eigenvalue weighted by molar-refractivity contribution is 9.09. The molecule has 0 aliphatic carbocycles. The minimum absolute atomic E-state index is 0.182. The fourth-order valence-corrected chi connectivity index (χ4v) is 3.23. The van der Waals surface area contributed by atoms with Crippen molar-refractivity contribution in [1.82, 2.24) is 0 Å². The smallest absolute Gasteiger partial charge is 0.159 e. The van der Waals surface area contributed by atoms with Gasteiger partial charge < -0.3 is 0 Å². The summed E-state index contributed by atoms with van der Waals surface area (Å²) in [7, 11) is 0. The van der Waals surface area contributed by atoms with Crippen LogP contribution in [0.1, 0.15) is 21.5 Å². The van der Waals surface area contributed by atoms with Crippen LogP contribution in [0.4, 0.5) is 8.78 Å². The summed E-state index contributed by atoms with van der Waals surface area (Å²) in [5.41, 5.74) is 2.93. The Bertz CT molecular complexity index is 811. The van der Waals surface area contributed by atoms with Crippen molar-refractivity contribution in [2.45, 2.75) is 11.8 Å². The molecule has 21 heavy (non-hydrogen) atoms. The third-order valence-electron chi connectivity index (χ3n) is 3.69. The normalized spacial score (nSPS) is 12.6. The third kappa shape index (κ3) is 2.58. The predicted molar refractivity (Wildman–Crippen MR) is 85.8 cm³/mol. The van der Waals surface area contributed by atoms with Crippen molar-refractivity contribution in [3.8, 4) is 0 Å². The highest BCUT2D eigenvalue weighted by atomic mass is 79.9. The van der Waals surface area contributed by atoms with Gasteiger partial charge in [0.1, 0.15) is 0 Å². The van der Waals surface area contributed by atoms with Crippen molar-refractivity contribution < 1.29 is 8.78 Å². The molecule has 0 radical (unpaired) electrons. The van der Waals surface area contributed by atoms with E-state index in [1.54, 1.807) is 6.07 Å². The van der Waals surface area contributed by atoms with Crippen LogP contribution in [0.2, 0.25) is 0 Å². The molecular formula is C18H13BrF2. The number of hydrogen-bond donors (Lipinski definition) is 0. The molecule has 0 spiro atoms. The van der Waals surface area contributed by atoms with Crippen molar-refractivity contribution in [2.75, 3.05) is 0 Å². The van der Waals surface area contributed by atoms with Crippen LogP contribution in [-0.2, 0) is 0 Å². The maximum absolute atomic E-state index is 13.4. The van der Waals surface area contributed by atoms with E-state index in [0.717, 1.165) is 17.0 Å². The molecule has 106 valence electrons. The second kappa shape index (κ2) is 5.57. The summed E-state index contributed by atoms with van der Waals surface area (Å²) in [5.74, 6) is -1.65. The van der Waals surface area contributed by atoms with Gasteiger partial charge in [0.15, 0.2) is 11.6 Å². The fourth-order valence-electron chi connectivity index (χ4n) is 2.54. The second-order valence-corrected chi connectivity index (χ2v) is 5.97. The molecule has 0 amide bonds. The van der Waals surface area contributed by atoms with Gasteiger partial charge in [0.2, 0.25) is 0 Å². The van der Waals surface area contributed by atoms with E-state index in [1.165, 1.54) is 17.0 Å². The Balaban J connectivity index is 2.15. The maximum atomic E-state index is 13.4. The van der Waals surface area contributed by atoms with Crippen molar-refractivity contribution >= 4 is 26.7 Å². The lowest BCUT2D eigenvalue weighted by Gasteiger charge is -2.15. The van der Waals surface area contributed by atoms with Gasteiger partial charge in [-0.15, -0.1) is 0 Å². The highest BCUT2D eigenvalue weighted by Gasteiger charge is 2.15. The first-order valence-corrected chi connectivity index (χ1v) is 7.57. The van der Waals surface area contributed by atoms with Crippen LogP contribution in [-0.4, -0.2) is 0 Å². The molecule has 1 atom stereocenters. The lowest BCUT2D eigenvalue weighted by Crippen LogP contribution is -1.97. The predicted octanol–water partition coefficient (Wildman–Crippen LogP) is 5.91. The molecule has 0 fully saturated rings. The molecule has 3 rings (SSSR count). The molecule has 0 saturated heterocycles. The van der Waals surface area contributed by atoms with E-state index in [2.05, 4.69) is 28.9 Å². The van der Waals surface area contributed by atoms with Gasteiger partial charge in [-0.2, -0.15) is 0 Å². The Morgan fingerprint density at radius 3 is 2.29 bits per heavy atom. The van der Waals surface area contributed by atoms with E-state index < -0.39 is 11.6 Å². The molecule has 0 aromatic heterocycles. The highest BCUT2D eigenvalue weighted by Crippen LogP contribution is 2.36. The van der Waals surface area contributed by atoms with Gasteiger partial charge in [0.25, 0.3) is 0 Å². The second-order valence-electron chi connectivity index (χ2n) is 5.05. The zero-order valence-electron chi connectivity index (χ0n) is 11.4. The lowest BCUT2D eigenvalue weighted by molar-refractivity contribution is 0.507. The summed E-state index contributed by atoms with van der Waals surface area (Å²) >= 11 is 3.61. The van der Waals surface area contributed by atoms with Gasteiger partial charge in [-0.1, -0.05) is 58.4 Å². The molecule has 0 heterocycles. The zero-order chi connectivity index (χ0) is 15.0. The summed E-state index contributed by atoms with van der Waals surface area (Å²) in [6, 6.07) is 16.2. The maximum Gasteiger partial charge on any atom is 0.159 e. The molecular weight excluding hydrogens is 334 g/mol. The number of aryl methyl sites for hydroxylation is 1. The van der Waals surface area contributed by atoms with Crippen LogP contribution in [0.3, 0.4) is 0 Å². The zero-order valence-corrected chi connectivity index (χ0v) is 13.0. The summed E-state index contributed by atoms with van der Waals surface area (Å²) < 4.78 is 26.5. The number of alkyl halides is 1. The molecule has 1 unspecified atom stereocenters. The molecule has 0 aliphatic heterocycles. The number of benzene rings is 3. The summed E-state index contributed by atoms with van der Waals surface area (Å²) in [5, 5.41) is 2.28. The summed E-state index contributed by atoms with van der Waals surface area (Å²) in [6.07, 6.45) is 0. The molecule has 0 saturated carbocycles. The van der Waals surface area contributed by atoms with Gasteiger partial charge in [-0.25, -0.2) is 8.78 Å². The molecule has 3 heteroatoms. The first kappa shape index (κ1) is 14.2. The Hall–Kier alpha value is -1.74. The third-order valence-corrected chi connectivity index (χ3v) is 4.71. The van der Waals surface area contributed by atoms with E-state index in [4.69, 9.17) is 0 Å². The van der Waals surface area contributed by atoms with E-state index >= 15 is 0 Å². The Labute approximate surface area is 130 Å². The number of fused-ring (bicyclic) bond motifs is 1. The lowest BCUT2D eigenvalue weighted by atomic mass is 9.96. The number of hydrogen-bond acceptors (Lipinski definition) is 0. The monoisotopic (exact) mass is 346 g/mol. The van der Waals surface area contributed by atoms with Gasteiger partial charge in [-0.3, -0.25) is 0 Å². The van der Waals surface area contributed by atoms with Crippen molar-refractivity contribution in [2.24, 2.45) is 0 Å². The van der Waals surface area contributed by atoms with Crippen LogP contribution < -0.4 is 0 Å². The van der Waals surface area contributed by atoms with E-state index in [0.29, 0.717) is 5.56 Å². The largest absolute Gasteiger partial charge is 0.204 e. The number of rotatable bonds is 2. The Morgan fingerprint density at radius 1 is 0.857 bits per heavy atom. The van der Waals surface area contributed by atoms with Crippen molar-refractivity contribution in [1.29, 1.82) is 0 Å². The average Bonchev–Trinajstić information content (AvgIpc) is 2.50. The van der Waals surface area contributed by atoms with Crippen molar-refractivity contribution in [3.63, 3.8) is 0 Å². The van der Waals surface area contributed by atoms with E-state index in [9.17, 15) is 8.78 Å². The SMILES string of the molecule is Cc1ccc(C(Br)c2ccc(F)c(F)c2)c2ccccc12. The average molecular weight is 347 g/mol. The standard InChI is InChI=1S/C18H13BrF2/c1-11-6-8-15(14-5-3-2-4-13(11)14)18(19)12-7-9-16(20)17(21)10-12/h2-10,18H,1H3. The van der Waals surface area contributed by atoms with Gasteiger partial charge in [0, 0.05) is 0 Å². The molecule has 0 nitrogen and oxygen atoms in total. The first-order chi connectivity index (χ1) is 10.1. The fraction of sp³-hybridized carbons (Fsp3) is 0.111. The van der Waals surface area contributed by atoms with Crippen molar-refractivity contribution in [3.05, 3.63) is 82.9 Å². The molecule has 0 N–H and O–H groups in total. The van der Waals surface area contributed by atoms with Crippen LogP contribution >= 0.6 is 15.9 Å². The Kier molecular flexibility index (Phi) is 3.77. The number of halogens is 3. The molecule has 0 aliphatic rings.